The average Bonchev–Trinajstić information content (AvgIpc) is 2.66. The average molecular weight is 441 g/mol. The van der Waals surface area contributed by atoms with Crippen molar-refractivity contribution in [3.63, 3.8) is 0 Å². The Balaban J connectivity index is 0.00000261. The van der Waals surface area contributed by atoms with Crippen LogP contribution in [0.2, 0.25) is 0 Å². The molecule has 0 bridgehead atoms. The highest BCUT2D eigenvalue weighted by molar-refractivity contribution is 7.95. The van der Waals surface area contributed by atoms with E-state index in [9.17, 15) is 0 Å². The molecule has 0 fully saturated rings. The van der Waals surface area contributed by atoms with Gasteiger partial charge in [-0.25, -0.2) is 0 Å². The lowest BCUT2D eigenvalue weighted by molar-refractivity contribution is -0.00000543. The summed E-state index contributed by atoms with van der Waals surface area (Å²) in [4.78, 5) is 0. The van der Waals surface area contributed by atoms with E-state index >= 15 is 0 Å². The largest absolute Gasteiger partial charge is 1.00 e. The minimum absolute atomic E-state index is 0. The van der Waals surface area contributed by atoms with E-state index in [4.69, 9.17) is 0 Å². The molecule has 0 heterocycles. The predicted octanol–water partition coefficient (Wildman–Crippen LogP) is 2.71. The number of hydrogen-bond donors (Lipinski definition) is 0. The molecule has 2 heteroatoms. The van der Waals surface area contributed by atoms with Gasteiger partial charge in [0.2, 0.25) is 0 Å². The molecule has 0 N–H and O–H groups in total. The van der Waals surface area contributed by atoms with Crippen LogP contribution in [-0.2, 0) is 0 Å². The molecule has 0 unspecified atom stereocenters. The van der Waals surface area contributed by atoms with Crippen molar-refractivity contribution in [2.24, 2.45) is 0 Å². The quantitative estimate of drug-likeness (QED) is 0.517. The zero-order valence-electron chi connectivity index (χ0n) is 16.9. The smallest absolute Gasteiger partial charge is 0.112 e. The molecule has 0 aliphatic rings. The molecule has 0 aliphatic heterocycles. The van der Waals surface area contributed by atoms with Gasteiger partial charge in [0.05, 0.1) is 6.16 Å². The number of benzene rings is 3. The summed E-state index contributed by atoms with van der Waals surface area (Å²) in [7, 11) is -1.63. The molecule has 0 saturated carbocycles. The molecule has 0 atom stereocenters. The maximum atomic E-state index is 2.37. The van der Waals surface area contributed by atoms with Crippen molar-refractivity contribution in [3.05, 3.63) is 89.5 Å². The third kappa shape index (κ3) is 4.71. The molecule has 0 nitrogen and oxygen atoms in total. The van der Waals surface area contributed by atoms with Crippen LogP contribution in [0.15, 0.2) is 72.8 Å². The third-order valence-electron chi connectivity index (χ3n) is 5.27. The van der Waals surface area contributed by atoms with Crippen molar-refractivity contribution in [1.29, 1.82) is 0 Å². The molecule has 0 aromatic heterocycles. The normalized spacial score (nSPS) is 11.1. The molecule has 27 heavy (non-hydrogen) atoms. The molecule has 3 rings (SSSR count). The molecule has 0 aliphatic carbocycles. The standard InChI is InChI=1S/C25H30P.BrH/c1-5-6-19-26(23-13-7-20(2)8-14-23,24-15-9-21(3)10-16-24)25-17-11-22(4)12-18-25;/h7-18H,5-6,19H2,1-4H3;1H/q+1;/p-1. The highest BCUT2D eigenvalue weighted by atomic mass is 79.9. The van der Waals surface area contributed by atoms with E-state index in [-0.39, 0.29) is 17.0 Å². The maximum absolute atomic E-state index is 2.37. The predicted molar refractivity (Wildman–Crippen MR) is 119 cm³/mol. The lowest BCUT2D eigenvalue weighted by Gasteiger charge is -2.28. The number of aryl methyl sites for hydroxylation is 3. The summed E-state index contributed by atoms with van der Waals surface area (Å²) in [6, 6.07) is 27.9. The number of halogens is 1. The Hall–Kier alpha value is -1.43. The Bertz CT molecular complexity index is 722. The van der Waals surface area contributed by atoms with Gasteiger partial charge in [0.1, 0.15) is 23.2 Å². The molecule has 0 spiro atoms. The van der Waals surface area contributed by atoms with Gasteiger partial charge in [-0.15, -0.1) is 0 Å². The first-order valence-electron chi connectivity index (χ1n) is 9.66. The highest BCUT2D eigenvalue weighted by Gasteiger charge is 2.44. The maximum Gasteiger partial charge on any atom is 0.112 e. The molecule has 0 saturated heterocycles. The topological polar surface area (TPSA) is 0 Å². The summed E-state index contributed by atoms with van der Waals surface area (Å²) < 4.78 is 0. The molecular formula is C25H30BrP. The van der Waals surface area contributed by atoms with Crippen LogP contribution in [0.4, 0.5) is 0 Å². The van der Waals surface area contributed by atoms with Crippen molar-refractivity contribution in [2.45, 2.75) is 40.5 Å². The third-order valence-corrected chi connectivity index (χ3v) is 9.80. The second-order valence-electron chi connectivity index (χ2n) is 7.39. The fourth-order valence-corrected chi connectivity index (χ4v) is 8.06. The lowest BCUT2D eigenvalue weighted by atomic mass is 10.2. The van der Waals surface area contributed by atoms with Crippen LogP contribution < -0.4 is 32.9 Å². The minimum atomic E-state index is -1.63. The van der Waals surface area contributed by atoms with Crippen molar-refractivity contribution in [3.8, 4) is 0 Å². The van der Waals surface area contributed by atoms with Gasteiger partial charge in [0, 0.05) is 0 Å². The van der Waals surface area contributed by atoms with Gasteiger partial charge >= 0.3 is 0 Å². The highest BCUT2D eigenvalue weighted by Crippen LogP contribution is 2.56. The zero-order chi connectivity index (χ0) is 18.6. The van der Waals surface area contributed by atoms with Gasteiger partial charge in [-0.3, -0.25) is 0 Å². The van der Waals surface area contributed by atoms with Crippen LogP contribution in [0.3, 0.4) is 0 Å². The molecule has 0 radical (unpaired) electrons. The second kappa shape index (κ2) is 9.67. The van der Waals surface area contributed by atoms with Crippen molar-refractivity contribution in [2.75, 3.05) is 6.16 Å². The number of rotatable bonds is 6. The van der Waals surface area contributed by atoms with Crippen molar-refractivity contribution < 1.29 is 17.0 Å². The van der Waals surface area contributed by atoms with E-state index in [0.29, 0.717) is 0 Å². The Morgan fingerprint density at radius 1 is 0.556 bits per heavy atom. The van der Waals surface area contributed by atoms with Crippen LogP contribution in [0.1, 0.15) is 36.5 Å². The van der Waals surface area contributed by atoms with E-state index in [0.717, 1.165) is 0 Å². The Kier molecular flexibility index (Phi) is 7.83. The molecule has 3 aromatic rings. The SMILES string of the molecule is CCCC[P+](c1ccc(C)cc1)(c1ccc(C)cc1)c1ccc(C)cc1.[Br-]. The van der Waals surface area contributed by atoms with E-state index in [2.05, 4.69) is 100 Å². The van der Waals surface area contributed by atoms with E-state index < -0.39 is 7.26 Å². The first-order valence-corrected chi connectivity index (χ1v) is 11.6. The summed E-state index contributed by atoms with van der Waals surface area (Å²) in [5.41, 5.74) is 3.99. The van der Waals surface area contributed by atoms with Crippen molar-refractivity contribution in [1.82, 2.24) is 0 Å². The molecule has 3 aromatic carbocycles. The number of hydrogen-bond acceptors (Lipinski definition) is 0. The monoisotopic (exact) mass is 440 g/mol. The summed E-state index contributed by atoms with van der Waals surface area (Å²) in [5, 5.41) is 4.51. The van der Waals surface area contributed by atoms with Gasteiger partial charge in [0.15, 0.2) is 0 Å². The van der Waals surface area contributed by atoms with Crippen LogP contribution in [0, 0.1) is 20.8 Å². The molecule has 0 amide bonds. The first kappa shape index (κ1) is 21.9. The Labute approximate surface area is 176 Å². The minimum Gasteiger partial charge on any atom is -1.00 e. The summed E-state index contributed by atoms with van der Waals surface area (Å²) in [5.74, 6) is 0. The second-order valence-corrected chi connectivity index (χ2v) is 11.0. The molecular weight excluding hydrogens is 411 g/mol. The fourth-order valence-electron chi connectivity index (χ4n) is 3.63. The number of unbranched alkanes of at least 4 members (excludes halogenated alkanes) is 1. The Morgan fingerprint density at radius 2 is 0.852 bits per heavy atom. The Morgan fingerprint density at radius 3 is 1.11 bits per heavy atom. The van der Waals surface area contributed by atoms with E-state index in [1.54, 1.807) is 0 Å². The zero-order valence-corrected chi connectivity index (χ0v) is 19.4. The fraction of sp³-hybridized carbons (Fsp3) is 0.280. The van der Waals surface area contributed by atoms with E-state index in [1.807, 2.05) is 0 Å². The summed E-state index contributed by atoms with van der Waals surface area (Å²) in [6.45, 7) is 8.82. The van der Waals surface area contributed by atoms with Crippen LogP contribution in [0.25, 0.3) is 0 Å². The van der Waals surface area contributed by atoms with Crippen molar-refractivity contribution >= 4 is 23.2 Å². The van der Waals surface area contributed by atoms with Gasteiger partial charge in [0.25, 0.3) is 0 Å². The van der Waals surface area contributed by atoms with Crippen LogP contribution >= 0.6 is 7.26 Å². The molecule has 142 valence electrons. The first-order chi connectivity index (χ1) is 12.6. The van der Waals surface area contributed by atoms with E-state index in [1.165, 1.54) is 51.6 Å². The van der Waals surface area contributed by atoms with Gasteiger partial charge in [-0.2, -0.15) is 0 Å². The van der Waals surface area contributed by atoms with Gasteiger partial charge in [-0.1, -0.05) is 66.4 Å². The summed E-state index contributed by atoms with van der Waals surface area (Å²) in [6.07, 6.45) is 3.72. The lowest BCUT2D eigenvalue weighted by Crippen LogP contribution is -3.00. The van der Waals surface area contributed by atoms with Crippen LogP contribution in [-0.4, -0.2) is 6.16 Å². The van der Waals surface area contributed by atoms with Crippen LogP contribution in [0.5, 0.6) is 0 Å². The van der Waals surface area contributed by atoms with Gasteiger partial charge in [-0.05, 0) is 63.6 Å². The summed E-state index contributed by atoms with van der Waals surface area (Å²) >= 11 is 0. The van der Waals surface area contributed by atoms with Gasteiger partial charge < -0.3 is 17.0 Å².